The monoisotopic (exact) mass is 182 g/mol. The highest BCUT2D eigenvalue weighted by Gasteiger charge is 2.03. The molecule has 1 unspecified atom stereocenters. The molecule has 0 aliphatic heterocycles. The van der Waals surface area contributed by atoms with Crippen LogP contribution in [0.25, 0.3) is 0 Å². The lowest BCUT2D eigenvalue weighted by atomic mass is 10.2. The van der Waals surface area contributed by atoms with E-state index in [2.05, 4.69) is 15.5 Å². The number of hydrogen-bond donors (Lipinski definition) is 3. The number of anilines is 1. The molecule has 72 valence electrons. The van der Waals surface area contributed by atoms with Crippen molar-refractivity contribution in [3.05, 3.63) is 12.4 Å². The maximum atomic E-state index is 11.2. The molecule has 1 aromatic heterocycles. The first-order chi connectivity index (χ1) is 6.18. The summed E-state index contributed by atoms with van der Waals surface area (Å²) in [7, 11) is 0. The molecular formula is C8H14N4O. The standard InChI is InChI=1S/C8H14N4O/c1-6(9)2-3-8(13)12-7-4-10-11-5-7/h4-6H,2-3,9H2,1H3,(H,10,11)(H,12,13). The third kappa shape index (κ3) is 3.71. The van der Waals surface area contributed by atoms with Crippen molar-refractivity contribution in [3.8, 4) is 0 Å². The van der Waals surface area contributed by atoms with Crippen LogP contribution in [0.3, 0.4) is 0 Å². The van der Waals surface area contributed by atoms with Crippen LogP contribution in [0.15, 0.2) is 12.4 Å². The van der Waals surface area contributed by atoms with Gasteiger partial charge in [0.25, 0.3) is 0 Å². The average molecular weight is 182 g/mol. The van der Waals surface area contributed by atoms with Crippen LogP contribution in [-0.2, 0) is 4.79 Å². The predicted molar refractivity (Wildman–Crippen MR) is 50.1 cm³/mol. The van der Waals surface area contributed by atoms with Crippen molar-refractivity contribution < 1.29 is 4.79 Å². The summed E-state index contributed by atoms with van der Waals surface area (Å²) in [6, 6.07) is 0.0649. The Morgan fingerprint density at radius 2 is 2.62 bits per heavy atom. The summed E-state index contributed by atoms with van der Waals surface area (Å²) in [5.74, 6) is -0.0290. The quantitative estimate of drug-likeness (QED) is 0.633. The van der Waals surface area contributed by atoms with Crippen molar-refractivity contribution in [1.29, 1.82) is 0 Å². The number of aromatic nitrogens is 2. The van der Waals surface area contributed by atoms with E-state index in [1.165, 1.54) is 0 Å². The SMILES string of the molecule is CC(N)CCC(=O)Nc1cn[nH]c1. The Hall–Kier alpha value is -1.36. The Morgan fingerprint density at radius 1 is 1.85 bits per heavy atom. The van der Waals surface area contributed by atoms with Crippen LogP contribution in [0.1, 0.15) is 19.8 Å². The van der Waals surface area contributed by atoms with E-state index >= 15 is 0 Å². The molecule has 0 aromatic carbocycles. The molecule has 13 heavy (non-hydrogen) atoms. The predicted octanol–water partition coefficient (Wildman–Crippen LogP) is 0.476. The summed E-state index contributed by atoms with van der Waals surface area (Å²) in [6.45, 7) is 1.88. The Morgan fingerprint density at radius 3 is 3.15 bits per heavy atom. The molecule has 0 aliphatic rings. The third-order valence-electron chi connectivity index (χ3n) is 1.61. The second-order valence-electron chi connectivity index (χ2n) is 3.05. The minimum absolute atomic E-state index is 0.0290. The van der Waals surface area contributed by atoms with Crippen LogP contribution in [0.5, 0.6) is 0 Å². The molecule has 0 aliphatic carbocycles. The molecule has 1 aromatic rings. The van der Waals surface area contributed by atoms with Crippen molar-refractivity contribution in [2.45, 2.75) is 25.8 Å². The molecule has 0 bridgehead atoms. The molecule has 1 amide bonds. The van der Waals surface area contributed by atoms with Gasteiger partial charge in [0.1, 0.15) is 0 Å². The third-order valence-corrected chi connectivity index (χ3v) is 1.61. The van der Waals surface area contributed by atoms with Gasteiger partial charge in [-0.05, 0) is 13.3 Å². The second-order valence-corrected chi connectivity index (χ2v) is 3.05. The average Bonchev–Trinajstić information content (AvgIpc) is 2.53. The van der Waals surface area contributed by atoms with Crippen LogP contribution in [0.2, 0.25) is 0 Å². The first-order valence-corrected chi connectivity index (χ1v) is 4.22. The van der Waals surface area contributed by atoms with Crippen molar-refractivity contribution in [2.24, 2.45) is 5.73 Å². The molecule has 1 rings (SSSR count). The molecule has 1 atom stereocenters. The van der Waals surface area contributed by atoms with Gasteiger partial charge in [-0.3, -0.25) is 9.89 Å². The fourth-order valence-electron chi connectivity index (χ4n) is 0.902. The second kappa shape index (κ2) is 4.61. The van der Waals surface area contributed by atoms with E-state index in [1.54, 1.807) is 12.4 Å². The zero-order valence-corrected chi connectivity index (χ0v) is 7.58. The fourth-order valence-corrected chi connectivity index (χ4v) is 0.902. The maximum absolute atomic E-state index is 11.2. The number of nitrogens with two attached hydrogens (primary N) is 1. The summed E-state index contributed by atoms with van der Waals surface area (Å²) in [5, 5.41) is 9.01. The summed E-state index contributed by atoms with van der Waals surface area (Å²) in [6.07, 6.45) is 4.33. The van der Waals surface area contributed by atoms with Crippen LogP contribution in [0, 0.1) is 0 Å². The number of nitrogens with zero attached hydrogens (tertiary/aromatic N) is 1. The van der Waals surface area contributed by atoms with Crippen LogP contribution in [0.4, 0.5) is 5.69 Å². The lowest BCUT2D eigenvalue weighted by Crippen LogP contribution is -2.19. The van der Waals surface area contributed by atoms with Gasteiger partial charge in [0, 0.05) is 18.7 Å². The lowest BCUT2D eigenvalue weighted by molar-refractivity contribution is -0.116. The van der Waals surface area contributed by atoms with E-state index in [0.29, 0.717) is 18.5 Å². The number of carbonyl (C=O) groups is 1. The first kappa shape index (κ1) is 9.73. The number of carbonyl (C=O) groups excluding carboxylic acids is 1. The van der Waals surface area contributed by atoms with Gasteiger partial charge < -0.3 is 11.1 Å². The topological polar surface area (TPSA) is 83.8 Å². The molecule has 0 saturated heterocycles. The van der Waals surface area contributed by atoms with E-state index in [9.17, 15) is 4.79 Å². The highest BCUT2D eigenvalue weighted by molar-refractivity contribution is 5.90. The number of hydrogen-bond acceptors (Lipinski definition) is 3. The van der Waals surface area contributed by atoms with E-state index in [0.717, 1.165) is 0 Å². The molecular weight excluding hydrogens is 168 g/mol. The van der Waals surface area contributed by atoms with Crippen LogP contribution < -0.4 is 11.1 Å². The van der Waals surface area contributed by atoms with E-state index in [1.807, 2.05) is 6.92 Å². The molecule has 1 heterocycles. The van der Waals surface area contributed by atoms with Gasteiger partial charge in [0.2, 0.25) is 5.91 Å². The van der Waals surface area contributed by atoms with Gasteiger partial charge in [0.15, 0.2) is 0 Å². The Labute approximate surface area is 76.7 Å². The molecule has 0 spiro atoms. The summed E-state index contributed by atoms with van der Waals surface area (Å²) in [5.41, 5.74) is 6.21. The summed E-state index contributed by atoms with van der Waals surface area (Å²) in [4.78, 5) is 11.2. The van der Waals surface area contributed by atoms with Gasteiger partial charge >= 0.3 is 0 Å². The summed E-state index contributed by atoms with van der Waals surface area (Å²) < 4.78 is 0. The zero-order valence-electron chi connectivity index (χ0n) is 7.58. The number of amides is 1. The van der Waals surface area contributed by atoms with Crippen LogP contribution >= 0.6 is 0 Å². The van der Waals surface area contributed by atoms with Crippen molar-refractivity contribution in [3.63, 3.8) is 0 Å². The Bertz CT molecular complexity index is 255. The highest BCUT2D eigenvalue weighted by Crippen LogP contribution is 2.03. The van der Waals surface area contributed by atoms with Gasteiger partial charge in [-0.25, -0.2) is 0 Å². The van der Waals surface area contributed by atoms with Gasteiger partial charge in [-0.15, -0.1) is 0 Å². The Kier molecular flexibility index (Phi) is 3.45. The molecule has 0 fully saturated rings. The molecule has 4 N–H and O–H groups in total. The minimum Gasteiger partial charge on any atom is -0.328 e. The van der Waals surface area contributed by atoms with Crippen molar-refractivity contribution >= 4 is 11.6 Å². The van der Waals surface area contributed by atoms with Crippen molar-refractivity contribution in [2.75, 3.05) is 5.32 Å². The maximum Gasteiger partial charge on any atom is 0.224 e. The smallest absolute Gasteiger partial charge is 0.224 e. The van der Waals surface area contributed by atoms with E-state index in [-0.39, 0.29) is 11.9 Å². The molecule has 5 heteroatoms. The van der Waals surface area contributed by atoms with E-state index in [4.69, 9.17) is 5.73 Å². The fraction of sp³-hybridized carbons (Fsp3) is 0.500. The normalized spacial score (nSPS) is 12.5. The summed E-state index contributed by atoms with van der Waals surface area (Å²) >= 11 is 0. The molecule has 5 nitrogen and oxygen atoms in total. The van der Waals surface area contributed by atoms with Crippen LogP contribution in [-0.4, -0.2) is 22.1 Å². The number of rotatable bonds is 4. The van der Waals surface area contributed by atoms with Gasteiger partial charge in [-0.1, -0.05) is 0 Å². The minimum atomic E-state index is -0.0290. The number of H-pyrrole nitrogens is 1. The zero-order chi connectivity index (χ0) is 9.68. The first-order valence-electron chi connectivity index (χ1n) is 4.22. The highest BCUT2D eigenvalue weighted by atomic mass is 16.1. The lowest BCUT2D eigenvalue weighted by Gasteiger charge is -2.04. The number of aromatic amines is 1. The van der Waals surface area contributed by atoms with Gasteiger partial charge in [-0.2, -0.15) is 5.10 Å². The van der Waals surface area contributed by atoms with Gasteiger partial charge in [0.05, 0.1) is 11.9 Å². The molecule has 0 saturated carbocycles. The Balaban J connectivity index is 2.26. The van der Waals surface area contributed by atoms with E-state index < -0.39 is 0 Å². The number of nitrogens with one attached hydrogen (secondary N) is 2. The largest absolute Gasteiger partial charge is 0.328 e. The molecule has 0 radical (unpaired) electrons. The van der Waals surface area contributed by atoms with Crippen molar-refractivity contribution in [1.82, 2.24) is 10.2 Å².